The fraction of sp³-hybridized carbons (Fsp3) is 0.394. The van der Waals surface area contributed by atoms with Crippen molar-refractivity contribution in [2.24, 2.45) is 0 Å². The molecular formula is C33H43N3O4S. The Kier molecular flexibility index (Phi) is 12.0. The number of sulfonamides is 1. The minimum Gasteiger partial charge on any atom is -0.354 e. The first-order chi connectivity index (χ1) is 19.6. The topological polar surface area (TPSA) is 86.8 Å². The fourth-order valence-electron chi connectivity index (χ4n) is 4.72. The molecule has 0 aliphatic rings. The number of rotatable bonds is 15. The third-order valence-corrected chi connectivity index (χ3v) is 8.42. The summed E-state index contributed by atoms with van der Waals surface area (Å²) < 4.78 is 26.7. The number of aryl methyl sites for hydroxylation is 2. The molecule has 0 aliphatic carbocycles. The Morgan fingerprint density at radius 2 is 1.49 bits per heavy atom. The van der Waals surface area contributed by atoms with Crippen LogP contribution in [0.3, 0.4) is 0 Å². The molecule has 0 saturated carbocycles. The maximum Gasteiger partial charge on any atom is 0.243 e. The van der Waals surface area contributed by atoms with Crippen LogP contribution < -0.4 is 9.62 Å². The van der Waals surface area contributed by atoms with E-state index in [0.29, 0.717) is 25.1 Å². The molecule has 0 saturated heterocycles. The van der Waals surface area contributed by atoms with E-state index in [9.17, 15) is 18.0 Å². The first-order valence-corrected chi connectivity index (χ1v) is 16.1. The maximum absolute atomic E-state index is 13.9. The van der Waals surface area contributed by atoms with Gasteiger partial charge in [0.2, 0.25) is 21.8 Å². The van der Waals surface area contributed by atoms with E-state index in [1.807, 2.05) is 86.6 Å². The van der Waals surface area contributed by atoms with Crippen molar-refractivity contribution in [3.63, 3.8) is 0 Å². The second-order valence-electron chi connectivity index (χ2n) is 10.6. The van der Waals surface area contributed by atoms with Gasteiger partial charge < -0.3 is 10.2 Å². The smallest absolute Gasteiger partial charge is 0.243 e. The van der Waals surface area contributed by atoms with E-state index in [2.05, 4.69) is 12.2 Å². The number of nitrogens with zero attached hydrogens (tertiary/aromatic N) is 2. The Hall–Kier alpha value is -3.65. The van der Waals surface area contributed by atoms with Gasteiger partial charge in [0, 0.05) is 32.5 Å². The van der Waals surface area contributed by atoms with E-state index in [-0.39, 0.29) is 31.3 Å². The van der Waals surface area contributed by atoms with Crippen molar-refractivity contribution in [3.8, 4) is 0 Å². The van der Waals surface area contributed by atoms with Gasteiger partial charge in [-0.05, 0) is 61.1 Å². The van der Waals surface area contributed by atoms with E-state index >= 15 is 0 Å². The molecular weight excluding hydrogens is 534 g/mol. The molecule has 3 aromatic rings. The van der Waals surface area contributed by atoms with Crippen LogP contribution in [0.5, 0.6) is 0 Å². The highest BCUT2D eigenvalue weighted by Gasteiger charge is 2.30. The first kappa shape index (κ1) is 31.9. The third kappa shape index (κ3) is 9.74. The molecule has 0 aliphatic heterocycles. The molecule has 0 heterocycles. The Morgan fingerprint density at radius 1 is 0.854 bits per heavy atom. The fourth-order valence-corrected chi connectivity index (χ4v) is 5.68. The molecule has 0 spiro atoms. The van der Waals surface area contributed by atoms with Crippen LogP contribution in [-0.2, 0) is 32.6 Å². The summed E-state index contributed by atoms with van der Waals surface area (Å²) in [5, 5.41) is 3.03. The number of amides is 2. The van der Waals surface area contributed by atoms with Crippen LogP contribution in [0.25, 0.3) is 0 Å². The monoisotopic (exact) mass is 577 g/mol. The zero-order chi connectivity index (χ0) is 29.8. The first-order valence-electron chi connectivity index (χ1n) is 14.3. The zero-order valence-electron chi connectivity index (χ0n) is 24.7. The molecule has 220 valence electrons. The molecule has 8 heteroatoms. The van der Waals surface area contributed by atoms with Gasteiger partial charge in [0.15, 0.2) is 0 Å². The molecule has 1 N–H and O–H groups in total. The lowest BCUT2D eigenvalue weighted by molar-refractivity contribution is -0.141. The van der Waals surface area contributed by atoms with Crippen molar-refractivity contribution < 1.29 is 18.0 Å². The predicted octanol–water partition coefficient (Wildman–Crippen LogP) is 5.41. The summed E-state index contributed by atoms with van der Waals surface area (Å²) >= 11 is 0. The molecule has 0 fully saturated rings. The molecule has 0 aromatic heterocycles. The Bertz CT molecular complexity index is 1380. The molecule has 2 amide bonds. The summed E-state index contributed by atoms with van der Waals surface area (Å²) in [6.07, 6.45) is 3.80. The predicted molar refractivity (Wildman–Crippen MR) is 166 cm³/mol. The molecule has 0 bridgehead atoms. The van der Waals surface area contributed by atoms with E-state index in [1.54, 1.807) is 11.0 Å². The molecule has 3 rings (SSSR count). The van der Waals surface area contributed by atoms with Crippen LogP contribution in [-0.4, -0.2) is 50.5 Å². The van der Waals surface area contributed by atoms with Crippen molar-refractivity contribution in [2.45, 2.75) is 65.5 Å². The summed E-state index contributed by atoms with van der Waals surface area (Å²) in [6, 6.07) is 24.2. The van der Waals surface area contributed by atoms with Gasteiger partial charge in [-0.1, -0.05) is 80.1 Å². The number of carbonyl (C=O) groups excluding carboxylic acids is 2. The van der Waals surface area contributed by atoms with Crippen molar-refractivity contribution in [2.75, 3.05) is 23.7 Å². The number of anilines is 1. The van der Waals surface area contributed by atoms with Gasteiger partial charge in [0.25, 0.3) is 0 Å². The highest BCUT2D eigenvalue weighted by atomic mass is 32.2. The molecule has 1 atom stereocenters. The number of hydrogen-bond donors (Lipinski definition) is 1. The third-order valence-electron chi connectivity index (χ3n) is 7.23. The zero-order valence-corrected chi connectivity index (χ0v) is 25.5. The van der Waals surface area contributed by atoms with Gasteiger partial charge in [-0.15, -0.1) is 0 Å². The van der Waals surface area contributed by atoms with Crippen LogP contribution in [0.2, 0.25) is 0 Å². The van der Waals surface area contributed by atoms with E-state index < -0.39 is 16.1 Å². The van der Waals surface area contributed by atoms with Crippen LogP contribution in [0.4, 0.5) is 5.69 Å². The molecule has 7 nitrogen and oxygen atoms in total. The van der Waals surface area contributed by atoms with Gasteiger partial charge in [0.1, 0.15) is 6.04 Å². The highest BCUT2D eigenvalue weighted by Crippen LogP contribution is 2.23. The number of benzene rings is 3. The molecule has 0 unspecified atom stereocenters. The summed E-state index contributed by atoms with van der Waals surface area (Å²) in [6.45, 7) is 6.99. The van der Waals surface area contributed by atoms with Gasteiger partial charge >= 0.3 is 0 Å². The van der Waals surface area contributed by atoms with Crippen LogP contribution >= 0.6 is 0 Å². The quantitative estimate of drug-likeness (QED) is 0.245. The minimum absolute atomic E-state index is 0.108. The summed E-state index contributed by atoms with van der Waals surface area (Å²) in [4.78, 5) is 29.0. The average molecular weight is 578 g/mol. The van der Waals surface area contributed by atoms with E-state index in [1.165, 1.54) is 10.6 Å². The summed E-state index contributed by atoms with van der Waals surface area (Å²) in [7, 11) is -3.55. The van der Waals surface area contributed by atoms with Gasteiger partial charge in [0.05, 0.1) is 11.9 Å². The lowest BCUT2D eigenvalue weighted by Gasteiger charge is -2.32. The maximum atomic E-state index is 13.9. The largest absolute Gasteiger partial charge is 0.354 e. The van der Waals surface area contributed by atoms with Crippen molar-refractivity contribution in [1.29, 1.82) is 0 Å². The van der Waals surface area contributed by atoms with E-state index in [0.717, 1.165) is 35.1 Å². The van der Waals surface area contributed by atoms with Crippen molar-refractivity contribution >= 4 is 27.5 Å². The lowest BCUT2D eigenvalue weighted by atomic mass is 10.0. The Labute approximate surface area is 245 Å². The Balaban J connectivity index is 1.85. The SMILES string of the molecule is CCCCNC(=O)[C@@H](Cc1ccccc1)N(Cc1ccccc1)C(=O)CCCN(c1ccc(C)c(C)c1)S(C)(=O)=O. The molecule has 3 aromatic carbocycles. The Morgan fingerprint density at radius 3 is 2.07 bits per heavy atom. The van der Waals surface area contributed by atoms with Gasteiger partial charge in [-0.3, -0.25) is 13.9 Å². The van der Waals surface area contributed by atoms with Crippen LogP contribution in [0, 0.1) is 13.8 Å². The molecule has 0 radical (unpaired) electrons. The average Bonchev–Trinajstić information content (AvgIpc) is 2.95. The van der Waals surface area contributed by atoms with Crippen molar-refractivity contribution in [3.05, 3.63) is 101 Å². The second kappa shape index (κ2) is 15.4. The number of hydrogen-bond acceptors (Lipinski definition) is 4. The number of unbranched alkanes of at least 4 members (excludes halogenated alkanes) is 1. The standard InChI is InChI=1S/C33H43N3O4S/c1-5-6-21-34-33(38)31(24-28-14-9-7-10-15-28)35(25-29-16-11-8-12-17-29)32(37)18-13-22-36(41(4,39)40)30-20-19-26(2)27(3)23-30/h7-12,14-17,19-20,23,31H,5-6,13,18,21-22,24-25H2,1-4H3,(H,34,38)/t31-/m1/s1. The summed E-state index contributed by atoms with van der Waals surface area (Å²) in [5.74, 6) is -0.367. The number of nitrogens with one attached hydrogen (secondary N) is 1. The second-order valence-corrected chi connectivity index (χ2v) is 12.5. The minimum atomic E-state index is -3.55. The van der Waals surface area contributed by atoms with E-state index in [4.69, 9.17) is 0 Å². The van der Waals surface area contributed by atoms with Gasteiger partial charge in [-0.25, -0.2) is 8.42 Å². The molecule has 41 heavy (non-hydrogen) atoms. The van der Waals surface area contributed by atoms with Gasteiger partial charge in [-0.2, -0.15) is 0 Å². The highest BCUT2D eigenvalue weighted by molar-refractivity contribution is 7.92. The lowest BCUT2D eigenvalue weighted by Crippen LogP contribution is -2.50. The van der Waals surface area contributed by atoms with Crippen molar-refractivity contribution in [1.82, 2.24) is 10.2 Å². The summed E-state index contributed by atoms with van der Waals surface area (Å²) in [5.41, 5.74) is 4.55. The van der Waals surface area contributed by atoms with Crippen LogP contribution in [0.15, 0.2) is 78.9 Å². The van der Waals surface area contributed by atoms with Crippen LogP contribution in [0.1, 0.15) is 54.9 Å². The normalized spacial score (nSPS) is 12.0. The number of carbonyl (C=O) groups is 2.